The predicted octanol–water partition coefficient (Wildman–Crippen LogP) is 0.764. The molecule has 2 N–H and O–H groups in total. The maximum atomic E-state index is 12.3. The summed E-state index contributed by atoms with van der Waals surface area (Å²) >= 11 is 0. The molecule has 0 saturated heterocycles. The molecule has 0 bridgehead atoms. The summed E-state index contributed by atoms with van der Waals surface area (Å²) in [7, 11) is 1.87. The van der Waals surface area contributed by atoms with Crippen molar-refractivity contribution < 1.29 is 4.79 Å². The van der Waals surface area contributed by atoms with Crippen molar-refractivity contribution in [1.29, 1.82) is 0 Å². The van der Waals surface area contributed by atoms with Crippen LogP contribution in [-0.4, -0.2) is 39.5 Å². The van der Waals surface area contributed by atoms with E-state index in [4.69, 9.17) is 5.73 Å². The Morgan fingerprint density at radius 1 is 1.65 bits per heavy atom. The Hall–Kier alpha value is -1.36. The van der Waals surface area contributed by atoms with Crippen LogP contribution < -0.4 is 5.73 Å². The Labute approximate surface area is 102 Å². The first-order valence-electron chi connectivity index (χ1n) is 6.21. The molecule has 0 spiro atoms. The minimum Gasteiger partial charge on any atom is -0.340 e. The van der Waals surface area contributed by atoms with Crippen LogP contribution in [0.5, 0.6) is 0 Å². The van der Waals surface area contributed by atoms with Gasteiger partial charge in [-0.2, -0.15) is 0 Å². The van der Waals surface area contributed by atoms with Crippen LogP contribution in [0.25, 0.3) is 0 Å². The van der Waals surface area contributed by atoms with Gasteiger partial charge in [-0.3, -0.25) is 4.79 Å². The molecule has 5 nitrogen and oxygen atoms in total. The van der Waals surface area contributed by atoms with Crippen molar-refractivity contribution in [2.45, 2.75) is 31.7 Å². The SMILES string of the molecule is Cn1cnc(C(=O)N(CCCN)C2CCC2)c1. The Morgan fingerprint density at radius 3 is 2.88 bits per heavy atom. The lowest BCUT2D eigenvalue weighted by Crippen LogP contribution is -2.45. The molecule has 1 fully saturated rings. The first-order chi connectivity index (χ1) is 8.22. The van der Waals surface area contributed by atoms with E-state index >= 15 is 0 Å². The van der Waals surface area contributed by atoms with E-state index in [0.29, 0.717) is 18.3 Å². The minimum atomic E-state index is 0.0451. The van der Waals surface area contributed by atoms with Crippen LogP contribution in [0.15, 0.2) is 12.5 Å². The summed E-state index contributed by atoms with van der Waals surface area (Å²) in [5.74, 6) is 0.0451. The van der Waals surface area contributed by atoms with Crippen molar-refractivity contribution >= 4 is 5.91 Å². The van der Waals surface area contributed by atoms with E-state index in [1.165, 1.54) is 6.42 Å². The number of nitrogens with two attached hydrogens (primary N) is 1. The van der Waals surface area contributed by atoms with Crippen LogP contribution in [0.1, 0.15) is 36.2 Å². The van der Waals surface area contributed by atoms with Crippen molar-refractivity contribution in [1.82, 2.24) is 14.5 Å². The monoisotopic (exact) mass is 236 g/mol. The highest BCUT2D eigenvalue weighted by atomic mass is 16.2. The molecule has 2 rings (SSSR count). The molecule has 1 aromatic heterocycles. The van der Waals surface area contributed by atoms with Crippen LogP contribution >= 0.6 is 0 Å². The van der Waals surface area contributed by atoms with Gasteiger partial charge >= 0.3 is 0 Å². The molecule has 1 heterocycles. The van der Waals surface area contributed by atoms with Crippen LogP contribution in [0.2, 0.25) is 0 Å². The number of aromatic nitrogens is 2. The number of amides is 1. The lowest BCUT2D eigenvalue weighted by Gasteiger charge is -2.37. The average Bonchev–Trinajstić information content (AvgIpc) is 2.67. The van der Waals surface area contributed by atoms with Crippen molar-refractivity contribution in [3.8, 4) is 0 Å². The predicted molar refractivity (Wildman–Crippen MR) is 65.6 cm³/mol. The van der Waals surface area contributed by atoms with Gasteiger partial charge in [-0.25, -0.2) is 4.98 Å². The molecule has 1 aliphatic rings. The Morgan fingerprint density at radius 2 is 2.41 bits per heavy atom. The van der Waals surface area contributed by atoms with Crippen molar-refractivity contribution in [2.75, 3.05) is 13.1 Å². The Kier molecular flexibility index (Phi) is 3.78. The highest BCUT2D eigenvalue weighted by Crippen LogP contribution is 2.26. The molecule has 17 heavy (non-hydrogen) atoms. The normalized spacial score (nSPS) is 15.6. The molecular weight excluding hydrogens is 216 g/mol. The molecule has 94 valence electrons. The minimum absolute atomic E-state index is 0.0451. The molecule has 5 heteroatoms. The van der Waals surface area contributed by atoms with E-state index in [2.05, 4.69) is 4.98 Å². The number of carbonyl (C=O) groups is 1. The fraction of sp³-hybridized carbons (Fsp3) is 0.667. The number of hydrogen-bond donors (Lipinski definition) is 1. The van der Waals surface area contributed by atoms with Gasteiger partial charge in [-0.05, 0) is 32.2 Å². The molecule has 0 aliphatic heterocycles. The number of nitrogens with zero attached hydrogens (tertiary/aromatic N) is 3. The lowest BCUT2D eigenvalue weighted by molar-refractivity contribution is 0.0573. The van der Waals surface area contributed by atoms with Crippen LogP contribution in [0.4, 0.5) is 0 Å². The largest absolute Gasteiger partial charge is 0.340 e. The van der Waals surface area contributed by atoms with E-state index in [1.54, 1.807) is 17.1 Å². The fourth-order valence-corrected chi connectivity index (χ4v) is 2.08. The molecule has 1 aromatic rings. The standard InChI is InChI=1S/C12H20N4O/c1-15-8-11(14-9-15)12(17)16(7-3-6-13)10-4-2-5-10/h8-10H,2-7,13H2,1H3. The quantitative estimate of drug-likeness (QED) is 0.821. The van der Waals surface area contributed by atoms with E-state index < -0.39 is 0 Å². The zero-order chi connectivity index (χ0) is 12.3. The highest BCUT2D eigenvalue weighted by molar-refractivity contribution is 5.92. The maximum Gasteiger partial charge on any atom is 0.274 e. The van der Waals surface area contributed by atoms with Crippen LogP contribution in [-0.2, 0) is 7.05 Å². The summed E-state index contributed by atoms with van der Waals surface area (Å²) in [4.78, 5) is 18.4. The first-order valence-corrected chi connectivity index (χ1v) is 6.21. The second kappa shape index (κ2) is 5.31. The molecular formula is C12H20N4O. The Bertz CT molecular complexity index is 384. The second-order valence-corrected chi connectivity index (χ2v) is 4.65. The van der Waals surface area contributed by atoms with Crippen LogP contribution in [0, 0.1) is 0 Å². The summed E-state index contributed by atoms with van der Waals surface area (Å²) in [5, 5.41) is 0. The van der Waals surface area contributed by atoms with Gasteiger partial charge in [0.2, 0.25) is 0 Å². The van der Waals surface area contributed by atoms with Gasteiger partial charge in [-0.1, -0.05) is 0 Å². The second-order valence-electron chi connectivity index (χ2n) is 4.65. The number of carbonyl (C=O) groups excluding carboxylic acids is 1. The van der Waals surface area contributed by atoms with E-state index in [0.717, 1.165) is 25.8 Å². The molecule has 0 radical (unpaired) electrons. The first kappa shape index (κ1) is 12.1. The number of hydrogen-bond acceptors (Lipinski definition) is 3. The third-order valence-corrected chi connectivity index (χ3v) is 3.30. The van der Waals surface area contributed by atoms with E-state index in [9.17, 15) is 4.79 Å². The van der Waals surface area contributed by atoms with Crippen molar-refractivity contribution in [2.24, 2.45) is 12.8 Å². The van der Waals surface area contributed by atoms with Gasteiger partial charge in [0.1, 0.15) is 5.69 Å². The zero-order valence-corrected chi connectivity index (χ0v) is 10.3. The number of aryl methyl sites for hydroxylation is 1. The highest BCUT2D eigenvalue weighted by Gasteiger charge is 2.29. The smallest absolute Gasteiger partial charge is 0.274 e. The topological polar surface area (TPSA) is 64.2 Å². The van der Waals surface area contributed by atoms with Gasteiger partial charge in [-0.15, -0.1) is 0 Å². The molecule has 1 amide bonds. The summed E-state index contributed by atoms with van der Waals surface area (Å²) < 4.78 is 1.80. The fourth-order valence-electron chi connectivity index (χ4n) is 2.08. The van der Waals surface area contributed by atoms with Crippen LogP contribution in [0.3, 0.4) is 0 Å². The van der Waals surface area contributed by atoms with Crippen molar-refractivity contribution in [3.05, 3.63) is 18.2 Å². The summed E-state index contributed by atoms with van der Waals surface area (Å²) in [5.41, 5.74) is 6.06. The molecule has 0 atom stereocenters. The van der Waals surface area contributed by atoms with E-state index in [1.807, 2.05) is 11.9 Å². The number of rotatable bonds is 5. The summed E-state index contributed by atoms with van der Waals surface area (Å²) in [6.07, 6.45) is 7.74. The van der Waals surface area contributed by atoms with E-state index in [-0.39, 0.29) is 5.91 Å². The summed E-state index contributed by atoms with van der Waals surface area (Å²) in [6, 6.07) is 0.399. The van der Waals surface area contributed by atoms with Gasteiger partial charge in [0, 0.05) is 25.8 Å². The van der Waals surface area contributed by atoms with Gasteiger partial charge < -0.3 is 15.2 Å². The van der Waals surface area contributed by atoms with Crippen molar-refractivity contribution in [3.63, 3.8) is 0 Å². The molecule has 0 aromatic carbocycles. The van der Waals surface area contributed by atoms with Gasteiger partial charge in [0.05, 0.1) is 6.33 Å². The number of imidazole rings is 1. The van der Waals surface area contributed by atoms with Gasteiger partial charge in [0.25, 0.3) is 5.91 Å². The lowest BCUT2D eigenvalue weighted by atomic mass is 9.91. The zero-order valence-electron chi connectivity index (χ0n) is 10.3. The van der Waals surface area contributed by atoms with Gasteiger partial charge in [0.15, 0.2) is 0 Å². The molecule has 0 unspecified atom stereocenters. The summed E-state index contributed by atoms with van der Waals surface area (Å²) in [6.45, 7) is 1.37. The third-order valence-electron chi connectivity index (χ3n) is 3.30. The maximum absolute atomic E-state index is 12.3. The molecule has 1 aliphatic carbocycles. The third kappa shape index (κ3) is 2.66. The Balaban J connectivity index is 2.06. The molecule has 1 saturated carbocycles. The average molecular weight is 236 g/mol.